The summed E-state index contributed by atoms with van der Waals surface area (Å²) in [5.41, 5.74) is 2.14. The Morgan fingerprint density at radius 3 is 3.07 bits per heavy atom. The van der Waals surface area contributed by atoms with Gasteiger partial charge in [-0.05, 0) is 17.9 Å². The fourth-order valence-electron chi connectivity index (χ4n) is 1.26. The molecule has 0 bridgehead atoms. The molecule has 4 heteroatoms. The minimum Gasteiger partial charge on any atom is -0.277 e. The van der Waals surface area contributed by atoms with Crippen molar-refractivity contribution in [2.75, 3.05) is 5.75 Å². The van der Waals surface area contributed by atoms with Crippen molar-refractivity contribution in [1.29, 1.82) is 0 Å². The van der Waals surface area contributed by atoms with Crippen molar-refractivity contribution in [2.24, 2.45) is 0 Å². The van der Waals surface area contributed by atoms with Crippen LogP contribution in [0.1, 0.15) is 6.92 Å². The van der Waals surface area contributed by atoms with Gasteiger partial charge in [0.25, 0.3) is 0 Å². The second-order valence-electron chi connectivity index (χ2n) is 2.78. The lowest BCUT2D eigenvalue weighted by Gasteiger charge is -1.99. The molecule has 0 aliphatic carbocycles. The summed E-state index contributed by atoms with van der Waals surface area (Å²) < 4.78 is 0. The molecule has 2 aromatic rings. The van der Waals surface area contributed by atoms with Gasteiger partial charge in [0.1, 0.15) is 0 Å². The van der Waals surface area contributed by atoms with E-state index in [1.54, 1.807) is 18.0 Å². The van der Waals surface area contributed by atoms with E-state index < -0.39 is 0 Å². The molecular formula is C10H11N3S. The minimum atomic E-state index is 1.05. The summed E-state index contributed by atoms with van der Waals surface area (Å²) in [4.78, 5) is 5.27. The number of nitrogens with zero attached hydrogens (tertiary/aromatic N) is 2. The first kappa shape index (κ1) is 9.27. The van der Waals surface area contributed by atoms with Gasteiger partial charge < -0.3 is 0 Å². The Kier molecular flexibility index (Phi) is 2.84. The van der Waals surface area contributed by atoms with Crippen molar-refractivity contribution in [2.45, 2.75) is 11.8 Å². The fourth-order valence-corrected chi connectivity index (χ4v) is 2.00. The molecule has 2 rings (SSSR count). The van der Waals surface area contributed by atoms with Gasteiger partial charge in [-0.25, -0.2) is 0 Å². The largest absolute Gasteiger partial charge is 0.277 e. The molecule has 1 N–H and O–H groups in total. The monoisotopic (exact) mass is 205 g/mol. The molecule has 0 saturated carbocycles. The Morgan fingerprint density at radius 1 is 1.43 bits per heavy atom. The molecule has 14 heavy (non-hydrogen) atoms. The molecule has 72 valence electrons. The summed E-state index contributed by atoms with van der Waals surface area (Å²) >= 11 is 1.78. The fraction of sp³-hybridized carbons (Fsp3) is 0.200. The van der Waals surface area contributed by atoms with E-state index in [4.69, 9.17) is 0 Å². The third-order valence-electron chi connectivity index (χ3n) is 1.85. The molecule has 2 heterocycles. The lowest BCUT2D eigenvalue weighted by atomic mass is 10.2. The van der Waals surface area contributed by atoms with Crippen molar-refractivity contribution in [1.82, 2.24) is 15.2 Å². The van der Waals surface area contributed by atoms with Gasteiger partial charge in [0.05, 0.1) is 16.8 Å². The first-order chi connectivity index (χ1) is 6.92. The minimum absolute atomic E-state index is 1.05. The van der Waals surface area contributed by atoms with Crippen LogP contribution < -0.4 is 0 Å². The van der Waals surface area contributed by atoms with Gasteiger partial charge in [-0.2, -0.15) is 5.10 Å². The second-order valence-corrected chi connectivity index (χ2v) is 4.09. The van der Waals surface area contributed by atoms with E-state index in [9.17, 15) is 0 Å². The zero-order valence-electron chi connectivity index (χ0n) is 7.90. The summed E-state index contributed by atoms with van der Waals surface area (Å²) in [5, 5.41) is 7.04. The highest BCUT2D eigenvalue weighted by atomic mass is 32.2. The SMILES string of the molecule is CCSc1cn[nH]c1-c1cccnc1. The van der Waals surface area contributed by atoms with E-state index in [1.165, 1.54) is 4.90 Å². The van der Waals surface area contributed by atoms with Crippen LogP contribution in [0, 0.1) is 0 Å². The van der Waals surface area contributed by atoms with Gasteiger partial charge in [0.2, 0.25) is 0 Å². The van der Waals surface area contributed by atoms with Crippen LogP contribution >= 0.6 is 11.8 Å². The maximum atomic E-state index is 4.08. The van der Waals surface area contributed by atoms with Gasteiger partial charge in [-0.3, -0.25) is 10.1 Å². The number of nitrogens with one attached hydrogen (secondary N) is 1. The van der Waals surface area contributed by atoms with Crippen LogP contribution in [-0.2, 0) is 0 Å². The number of rotatable bonds is 3. The number of aromatic nitrogens is 3. The van der Waals surface area contributed by atoms with Crippen LogP contribution in [0.3, 0.4) is 0 Å². The van der Waals surface area contributed by atoms with Crippen LogP contribution in [0.15, 0.2) is 35.6 Å². The Balaban J connectivity index is 2.37. The zero-order chi connectivity index (χ0) is 9.80. The molecule has 0 fully saturated rings. The van der Waals surface area contributed by atoms with Crippen LogP contribution in [0.5, 0.6) is 0 Å². The topological polar surface area (TPSA) is 41.6 Å². The van der Waals surface area contributed by atoms with E-state index >= 15 is 0 Å². The molecule has 0 saturated heterocycles. The molecule has 0 amide bonds. The Bertz CT molecular complexity index is 397. The van der Waals surface area contributed by atoms with E-state index in [0.717, 1.165) is 17.0 Å². The number of hydrogen-bond donors (Lipinski definition) is 1. The molecule has 0 spiro atoms. The molecule has 0 aliphatic rings. The van der Waals surface area contributed by atoms with Gasteiger partial charge in [0.15, 0.2) is 0 Å². The maximum Gasteiger partial charge on any atom is 0.0801 e. The zero-order valence-corrected chi connectivity index (χ0v) is 8.71. The van der Waals surface area contributed by atoms with Crippen molar-refractivity contribution < 1.29 is 0 Å². The standard InChI is InChI=1S/C10H11N3S/c1-2-14-9-7-12-13-10(9)8-4-3-5-11-6-8/h3-7H,2H2,1H3,(H,12,13). The maximum absolute atomic E-state index is 4.08. The normalized spacial score (nSPS) is 10.4. The van der Waals surface area contributed by atoms with E-state index in [0.29, 0.717) is 0 Å². The van der Waals surface area contributed by atoms with Crippen LogP contribution in [0.2, 0.25) is 0 Å². The van der Waals surface area contributed by atoms with Crippen molar-refractivity contribution in [3.8, 4) is 11.3 Å². The van der Waals surface area contributed by atoms with Crippen LogP contribution in [0.25, 0.3) is 11.3 Å². The van der Waals surface area contributed by atoms with E-state index in [-0.39, 0.29) is 0 Å². The Hall–Kier alpha value is -1.29. The van der Waals surface area contributed by atoms with Crippen molar-refractivity contribution >= 4 is 11.8 Å². The summed E-state index contributed by atoms with van der Waals surface area (Å²) in [6.07, 6.45) is 5.47. The molecule has 3 nitrogen and oxygen atoms in total. The van der Waals surface area contributed by atoms with Crippen LogP contribution in [-0.4, -0.2) is 20.9 Å². The third kappa shape index (κ3) is 1.80. The highest BCUT2D eigenvalue weighted by Gasteiger charge is 2.06. The number of hydrogen-bond acceptors (Lipinski definition) is 3. The number of H-pyrrole nitrogens is 1. The smallest absolute Gasteiger partial charge is 0.0801 e. The summed E-state index contributed by atoms with van der Waals surface area (Å²) in [7, 11) is 0. The molecule has 0 atom stereocenters. The Morgan fingerprint density at radius 2 is 2.36 bits per heavy atom. The Labute approximate surface area is 87.0 Å². The van der Waals surface area contributed by atoms with Gasteiger partial charge in [0, 0.05) is 18.0 Å². The van der Waals surface area contributed by atoms with Crippen LogP contribution in [0.4, 0.5) is 0 Å². The van der Waals surface area contributed by atoms with Gasteiger partial charge >= 0.3 is 0 Å². The average Bonchev–Trinajstić information content (AvgIpc) is 2.68. The molecule has 2 aromatic heterocycles. The van der Waals surface area contributed by atoms with E-state index in [2.05, 4.69) is 22.1 Å². The van der Waals surface area contributed by atoms with Gasteiger partial charge in [-0.15, -0.1) is 11.8 Å². The highest BCUT2D eigenvalue weighted by Crippen LogP contribution is 2.28. The first-order valence-corrected chi connectivity index (χ1v) is 5.47. The highest BCUT2D eigenvalue weighted by molar-refractivity contribution is 7.99. The molecule has 0 aliphatic heterocycles. The predicted molar refractivity (Wildman–Crippen MR) is 58.2 cm³/mol. The molecule has 0 unspecified atom stereocenters. The molecule has 0 radical (unpaired) electrons. The first-order valence-electron chi connectivity index (χ1n) is 4.48. The van der Waals surface area contributed by atoms with Crippen molar-refractivity contribution in [3.63, 3.8) is 0 Å². The lowest BCUT2D eigenvalue weighted by Crippen LogP contribution is -1.81. The molecule has 0 aromatic carbocycles. The number of thioether (sulfide) groups is 1. The summed E-state index contributed by atoms with van der Waals surface area (Å²) in [5.74, 6) is 1.05. The number of aromatic amines is 1. The second kappa shape index (κ2) is 4.28. The predicted octanol–water partition coefficient (Wildman–Crippen LogP) is 2.58. The summed E-state index contributed by atoms with van der Waals surface area (Å²) in [6.45, 7) is 2.13. The van der Waals surface area contributed by atoms with Gasteiger partial charge in [-0.1, -0.05) is 6.92 Å². The summed E-state index contributed by atoms with van der Waals surface area (Å²) in [6, 6.07) is 3.96. The quantitative estimate of drug-likeness (QED) is 0.783. The third-order valence-corrected chi connectivity index (χ3v) is 2.76. The van der Waals surface area contributed by atoms with Crippen molar-refractivity contribution in [3.05, 3.63) is 30.7 Å². The molecular weight excluding hydrogens is 194 g/mol. The lowest BCUT2D eigenvalue weighted by molar-refractivity contribution is 1.09. The number of pyridine rings is 1. The average molecular weight is 205 g/mol. The van der Waals surface area contributed by atoms with E-state index in [1.807, 2.05) is 24.5 Å².